The molecule has 1 aliphatic rings. The first kappa shape index (κ1) is 12.4. The van der Waals surface area contributed by atoms with E-state index in [1.165, 1.54) is 0 Å². The van der Waals surface area contributed by atoms with Crippen LogP contribution in [0.15, 0.2) is 17.4 Å². The van der Waals surface area contributed by atoms with Crippen LogP contribution in [0.2, 0.25) is 0 Å². The Hall–Kier alpha value is -1.01. The van der Waals surface area contributed by atoms with Crippen LogP contribution >= 0.6 is 11.8 Å². The number of ether oxygens (including phenoxy) is 1. The predicted molar refractivity (Wildman–Crippen MR) is 71.7 cm³/mol. The number of aromatic nitrogens is 2. The Morgan fingerprint density at radius 2 is 2.53 bits per heavy atom. The predicted octanol–water partition coefficient (Wildman–Crippen LogP) is 1.82. The van der Waals surface area contributed by atoms with Crippen LogP contribution in [0.5, 0.6) is 0 Å². The van der Waals surface area contributed by atoms with Crippen molar-refractivity contribution in [1.82, 2.24) is 9.78 Å². The van der Waals surface area contributed by atoms with Crippen LogP contribution in [0, 0.1) is 0 Å². The van der Waals surface area contributed by atoms with E-state index in [9.17, 15) is 0 Å². The number of aliphatic imine (C=N–C) groups is 1. The molecule has 0 saturated carbocycles. The van der Waals surface area contributed by atoms with Crippen molar-refractivity contribution in [3.63, 3.8) is 0 Å². The van der Waals surface area contributed by atoms with Gasteiger partial charge in [0.15, 0.2) is 5.17 Å². The van der Waals surface area contributed by atoms with Gasteiger partial charge in [0.1, 0.15) is 0 Å². The molecule has 2 heterocycles. The van der Waals surface area contributed by atoms with Crippen LogP contribution in [0.1, 0.15) is 13.3 Å². The van der Waals surface area contributed by atoms with E-state index in [1.807, 2.05) is 17.1 Å². The molecule has 0 bridgehead atoms. The largest absolute Gasteiger partial charge is 0.383 e. The van der Waals surface area contributed by atoms with Gasteiger partial charge in [0.25, 0.3) is 0 Å². The van der Waals surface area contributed by atoms with E-state index >= 15 is 0 Å². The maximum Gasteiger partial charge on any atom is 0.161 e. The van der Waals surface area contributed by atoms with Crippen molar-refractivity contribution in [3.8, 4) is 0 Å². The van der Waals surface area contributed by atoms with E-state index < -0.39 is 0 Å². The van der Waals surface area contributed by atoms with Crippen LogP contribution in [0.25, 0.3) is 0 Å². The van der Waals surface area contributed by atoms with Gasteiger partial charge in [0.05, 0.1) is 31.1 Å². The molecule has 0 aliphatic carbocycles. The van der Waals surface area contributed by atoms with Crippen LogP contribution < -0.4 is 5.32 Å². The molecule has 0 saturated heterocycles. The van der Waals surface area contributed by atoms with E-state index in [4.69, 9.17) is 4.74 Å². The lowest BCUT2D eigenvalue weighted by Crippen LogP contribution is -2.06. The number of hydrogen-bond acceptors (Lipinski definition) is 5. The van der Waals surface area contributed by atoms with Crippen molar-refractivity contribution < 1.29 is 4.74 Å². The highest BCUT2D eigenvalue weighted by molar-refractivity contribution is 8.14. The number of nitrogens with one attached hydrogen (secondary N) is 1. The van der Waals surface area contributed by atoms with E-state index in [-0.39, 0.29) is 0 Å². The third-order valence-corrected chi connectivity index (χ3v) is 3.62. The molecular formula is C11H18N4OS. The molecule has 17 heavy (non-hydrogen) atoms. The molecule has 94 valence electrons. The van der Waals surface area contributed by atoms with Crippen LogP contribution in [0.4, 0.5) is 5.69 Å². The summed E-state index contributed by atoms with van der Waals surface area (Å²) in [5.74, 6) is 1.08. The third-order valence-electron chi connectivity index (χ3n) is 2.59. The van der Waals surface area contributed by atoms with E-state index in [0.717, 1.165) is 29.6 Å². The minimum atomic E-state index is 0.464. The fraction of sp³-hybridized carbons (Fsp3) is 0.636. The molecule has 1 aromatic heterocycles. The van der Waals surface area contributed by atoms with Crippen LogP contribution in [-0.4, -0.2) is 40.5 Å². The summed E-state index contributed by atoms with van der Waals surface area (Å²) >= 11 is 1.77. The molecule has 0 amide bonds. The molecule has 5 nitrogen and oxygen atoms in total. The number of methoxy groups -OCH3 is 1. The number of nitrogens with zero attached hydrogens (tertiary/aromatic N) is 3. The normalized spacial score (nSPS) is 19.4. The second-order valence-electron chi connectivity index (χ2n) is 3.92. The van der Waals surface area contributed by atoms with Gasteiger partial charge >= 0.3 is 0 Å². The zero-order valence-corrected chi connectivity index (χ0v) is 11.0. The Morgan fingerprint density at radius 3 is 3.24 bits per heavy atom. The van der Waals surface area contributed by atoms with Gasteiger partial charge in [-0.05, 0) is 6.42 Å². The maximum atomic E-state index is 5.01. The first-order valence-electron chi connectivity index (χ1n) is 5.81. The average molecular weight is 254 g/mol. The highest BCUT2D eigenvalue weighted by Crippen LogP contribution is 2.21. The quantitative estimate of drug-likeness (QED) is 0.871. The monoisotopic (exact) mass is 254 g/mol. The first-order valence-corrected chi connectivity index (χ1v) is 6.79. The van der Waals surface area contributed by atoms with Crippen molar-refractivity contribution in [2.75, 3.05) is 24.8 Å². The van der Waals surface area contributed by atoms with Crippen molar-refractivity contribution in [2.45, 2.75) is 25.9 Å². The second-order valence-corrected chi connectivity index (χ2v) is 4.93. The van der Waals surface area contributed by atoms with Crippen molar-refractivity contribution in [3.05, 3.63) is 12.4 Å². The number of amidine groups is 1. The van der Waals surface area contributed by atoms with Gasteiger partial charge in [-0.2, -0.15) is 5.10 Å². The fourth-order valence-corrected chi connectivity index (χ4v) is 2.63. The molecule has 6 heteroatoms. The lowest BCUT2D eigenvalue weighted by atomic mass is 10.3. The first-order chi connectivity index (χ1) is 8.31. The molecule has 1 N–H and O–H groups in total. The summed E-state index contributed by atoms with van der Waals surface area (Å²) in [5.41, 5.74) is 0.990. The molecule has 2 rings (SSSR count). The Labute approximate surface area is 106 Å². The van der Waals surface area contributed by atoms with E-state index in [2.05, 4.69) is 22.3 Å². The Kier molecular flexibility index (Phi) is 4.44. The van der Waals surface area contributed by atoms with Gasteiger partial charge < -0.3 is 10.1 Å². The summed E-state index contributed by atoms with van der Waals surface area (Å²) in [6.45, 7) is 3.62. The smallest absolute Gasteiger partial charge is 0.161 e. The standard InChI is InChI=1S/C11H18N4OS/c1-3-9-8-17-11(13-9)14-10-6-12-15(7-10)4-5-16-2/h6-7,9H,3-5,8H2,1-2H3,(H,13,14). The van der Waals surface area contributed by atoms with Gasteiger partial charge in [-0.3, -0.25) is 9.67 Å². The van der Waals surface area contributed by atoms with Gasteiger partial charge in [0, 0.05) is 19.1 Å². The fourth-order valence-electron chi connectivity index (χ4n) is 1.55. The topological polar surface area (TPSA) is 51.4 Å². The zero-order valence-electron chi connectivity index (χ0n) is 10.2. The molecule has 1 aliphatic heterocycles. The van der Waals surface area contributed by atoms with Crippen LogP contribution in [0.3, 0.4) is 0 Å². The minimum Gasteiger partial charge on any atom is -0.383 e. The highest BCUT2D eigenvalue weighted by Gasteiger charge is 2.16. The lowest BCUT2D eigenvalue weighted by Gasteiger charge is -2.01. The number of rotatable bonds is 5. The second kappa shape index (κ2) is 6.07. The molecule has 1 unspecified atom stereocenters. The van der Waals surface area contributed by atoms with E-state index in [0.29, 0.717) is 12.6 Å². The Morgan fingerprint density at radius 1 is 1.65 bits per heavy atom. The molecule has 0 radical (unpaired) electrons. The molecular weight excluding hydrogens is 236 g/mol. The van der Waals surface area contributed by atoms with Crippen molar-refractivity contribution in [2.24, 2.45) is 4.99 Å². The zero-order chi connectivity index (χ0) is 12.1. The molecule has 0 fully saturated rings. The average Bonchev–Trinajstić information content (AvgIpc) is 2.96. The lowest BCUT2D eigenvalue weighted by molar-refractivity contribution is 0.183. The van der Waals surface area contributed by atoms with Crippen LogP contribution in [-0.2, 0) is 11.3 Å². The summed E-state index contributed by atoms with van der Waals surface area (Å²) in [6.07, 6.45) is 4.89. The maximum absolute atomic E-state index is 5.01. The van der Waals surface area contributed by atoms with Gasteiger partial charge in [-0.15, -0.1) is 0 Å². The number of thioether (sulfide) groups is 1. The van der Waals surface area contributed by atoms with Gasteiger partial charge in [0.2, 0.25) is 0 Å². The minimum absolute atomic E-state index is 0.464. The summed E-state index contributed by atoms with van der Waals surface area (Å²) in [5, 5.41) is 8.54. The summed E-state index contributed by atoms with van der Waals surface area (Å²) in [6, 6.07) is 0.464. The summed E-state index contributed by atoms with van der Waals surface area (Å²) in [4.78, 5) is 4.58. The number of hydrogen-bond donors (Lipinski definition) is 1. The van der Waals surface area contributed by atoms with Crippen molar-refractivity contribution in [1.29, 1.82) is 0 Å². The third kappa shape index (κ3) is 3.47. The summed E-state index contributed by atoms with van der Waals surface area (Å²) in [7, 11) is 1.69. The van der Waals surface area contributed by atoms with Crippen molar-refractivity contribution >= 4 is 22.6 Å². The van der Waals surface area contributed by atoms with Gasteiger partial charge in [-0.1, -0.05) is 18.7 Å². The van der Waals surface area contributed by atoms with E-state index in [1.54, 1.807) is 18.9 Å². The molecule has 0 aromatic carbocycles. The molecule has 1 aromatic rings. The summed E-state index contributed by atoms with van der Waals surface area (Å²) < 4.78 is 6.87. The van der Waals surface area contributed by atoms with Gasteiger partial charge in [-0.25, -0.2) is 0 Å². The Bertz CT molecular complexity index is 391. The molecule has 0 spiro atoms. The highest BCUT2D eigenvalue weighted by atomic mass is 32.2. The Balaban J connectivity index is 1.88. The SMILES string of the molecule is CCC1CSC(Nc2cnn(CCOC)c2)=N1. The molecule has 1 atom stereocenters. The number of anilines is 1.